The minimum Gasteiger partial charge on any atom is -0.455 e. The van der Waals surface area contributed by atoms with Gasteiger partial charge < -0.3 is 9.84 Å². The zero-order valence-electron chi connectivity index (χ0n) is 22.5. The van der Waals surface area contributed by atoms with E-state index in [-0.39, 0.29) is 30.5 Å². The third-order valence-corrected chi connectivity index (χ3v) is 6.66. The van der Waals surface area contributed by atoms with Crippen LogP contribution in [0.5, 0.6) is 0 Å². The van der Waals surface area contributed by atoms with Crippen molar-refractivity contribution in [2.75, 3.05) is 18.5 Å². The Hall–Kier alpha value is -3.73. The van der Waals surface area contributed by atoms with Crippen molar-refractivity contribution in [3.05, 3.63) is 131 Å². The lowest BCUT2D eigenvalue weighted by molar-refractivity contribution is -0.153. The number of ether oxygens (including phenoxy) is 1. The van der Waals surface area contributed by atoms with E-state index in [1.165, 1.54) is 17.1 Å². The number of alkyl halides is 1. The van der Waals surface area contributed by atoms with Crippen LogP contribution in [0.15, 0.2) is 103 Å². The van der Waals surface area contributed by atoms with Gasteiger partial charge in [0.05, 0.1) is 11.9 Å². The smallest absolute Gasteiger partial charge is 0.336 e. The van der Waals surface area contributed by atoms with Gasteiger partial charge in [-0.3, -0.25) is 15.4 Å². The number of ketones is 2. The average Bonchev–Trinajstić information content (AvgIpc) is 3.02. The molecule has 10 heteroatoms. The van der Waals surface area contributed by atoms with Crippen molar-refractivity contribution in [1.82, 2.24) is 5.01 Å². The largest absolute Gasteiger partial charge is 0.455 e. The lowest BCUT2D eigenvalue weighted by Crippen LogP contribution is -2.41. The summed E-state index contributed by atoms with van der Waals surface area (Å²) in [5, 5.41) is 12.1. The molecule has 0 heterocycles. The first-order chi connectivity index (χ1) is 20.2. The van der Waals surface area contributed by atoms with Gasteiger partial charge in [-0.15, -0.1) is 0 Å². The van der Waals surface area contributed by atoms with E-state index >= 15 is 0 Å². The SMILES string of the molecule is NN(Cc1ccc(-c2cc(Cl)ccc2F)cc1)C[C@@H](O)C(=O)OCC(=O)c1ccccc1.O=C(CBr)c1ccccc1. The van der Waals surface area contributed by atoms with Gasteiger partial charge in [0.15, 0.2) is 24.3 Å². The quantitative estimate of drug-likeness (QED) is 0.0684. The van der Waals surface area contributed by atoms with Crippen LogP contribution < -0.4 is 5.84 Å². The van der Waals surface area contributed by atoms with E-state index in [9.17, 15) is 23.9 Å². The van der Waals surface area contributed by atoms with E-state index in [2.05, 4.69) is 15.9 Å². The number of halogens is 3. The molecular formula is C32H29BrClFN2O5. The highest BCUT2D eigenvalue weighted by molar-refractivity contribution is 9.09. The molecule has 3 N–H and O–H groups in total. The van der Waals surface area contributed by atoms with Crippen molar-refractivity contribution >= 4 is 45.1 Å². The summed E-state index contributed by atoms with van der Waals surface area (Å²) in [6.45, 7) is -0.430. The summed E-state index contributed by atoms with van der Waals surface area (Å²) in [6.07, 6.45) is -1.51. The summed E-state index contributed by atoms with van der Waals surface area (Å²) in [4.78, 5) is 34.9. The summed E-state index contributed by atoms with van der Waals surface area (Å²) >= 11 is 9.04. The molecule has 0 bridgehead atoms. The summed E-state index contributed by atoms with van der Waals surface area (Å²) in [5.41, 5.74) is 3.01. The molecule has 4 aromatic carbocycles. The van der Waals surface area contributed by atoms with Gasteiger partial charge in [-0.1, -0.05) is 112 Å². The first kappa shape index (κ1) is 32.8. The van der Waals surface area contributed by atoms with Crippen LogP contribution in [0.4, 0.5) is 4.39 Å². The molecule has 0 radical (unpaired) electrons. The Labute approximate surface area is 256 Å². The van der Waals surface area contributed by atoms with Crippen molar-refractivity contribution in [2.24, 2.45) is 5.84 Å². The second-order valence-electron chi connectivity index (χ2n) is 9.09. The molecule has 7 nitrogen and oxygen atoms in total. The zero-order chi connectivity index (χ0) is 30.5. The van der Waals surface area contributed by atoms with Crippen molar-refractivity contribution in [1.29, 1.82) is 0 Å². The van der Waals surface area contributed by atoms with Crippen LogP contribution in [-0.4, -0.2) is 52.2 Å². The minimum absolute atomic E-state index is 0.126. The predicted octanol–water partition coefficient (Wildman–Crippen LogP) is 5.87. The second kappa shape index (κ2) is 16.6. The van der Waals surface area contributed by atoms with E-state index in [0.29, 0.717) is 27.0 Å². The number of rotatable bonds is 11. The Morgan fingerprint density at radius 1 is 0.881 bits per heavy atom. The van der Waals surface area contributed by atoms with E-state index < -0.39 is 18.7 Å². The van der Waals surface area contributed by atoms with Gasteiger partial charge in [-0.2, -0.15) is 0 Å². The number of carbonyl (C=O) groups excluding carboxylic acids is 3. The van der Waals surface area contributed by atoms with Gasteiger partial charge in [-0.25, -0.2) is 14.2 Å². The zero-order valence-corrected chi connectivity index (χ0v) is 24.8. The molecule has 0 fully saturated rings. The fraction of sp³-hybridized carbons (Fsp3) is 0.156. The van der Waals surface area contributed by atoms with E-state index in [1.807, 2.05) is 30.3 Å². The fourth-order valence-corrected chi connectivity index (χ4v) is 4.24. The van der Waals surface area contributed by atoms with Gasteiger partial charge >= 0.3 is 5.97 Å². The third-order valence-electron chi connectivity index (χ3n) is 5.92. The molecule has 218 valence electrons. The summed E-state index contributed by atoms with van der Waals surface area (Å²) < 4.78 is 18.9. The molecule has 42 heavy (non-hydrogen) atoms. The van der Waals surface area contributed by atoms with Crippen molar-refractivity contribution in [3.8, 4) is 11.1 Å². The van der Waals surface area contributed by atoms with Crippen molar-refractivity contribution < 1.29 is 28.6 Å². The fourth-order valence-electron chi connectivity index (χ4n) is 3.75. The van der Waals surface area contributed by atoms with E-state index in [4.69, 9.17) is 22.2 Å². The van der Waals surface area contributed by atoms with Crippen LogP contribution in [0, 0.1) is 5.82 Å². The maximum absolute atomic E-state index is 14.0. The number of aliphatic hydroxyl groups excluding tert-OH is 1. The molecule has 0 aromatic heterocycles. The third kappa shape index (κ3) is 10.3. The average molecular weight is 656 g/mol. The second-order valence-corrected chi connectivity index (χ2v) is 10.1. The van der Waals surface area contributed by atoms with E-state index in [0.717, 1.165) is 11.1 Å². The maximum atomic E-state index is 14.0. The number of nitrogens with two attached hydrogens (primary N) is 1. The van der Waals surface area contributed by atoms with Crippen LogP contribution in [-0.2, 0) is 16.1 Å². The monoisotopic (exact) mass is 654 g/mol. The predicted molar refractivity (Wildman–Crippen MR) is 164 cm³/mol. The van der Waals surface area contributed by atoms with E-state index in [1.54, 1.807) is 60.7 Å². The first-order valence-corrected chi connectivity index (χ1v) is 14.3. The summed E-state index contributed by atoms with van der Waals surface area (Å²) in [6, 6.07) is 29.0. The van der Waals surface area contributed by atoms with Gasteiger partial charge in [0, 0.05) is 28.3 Å². The molecular weight excluding hydrogens is 627 g/mol. The number of esters is 1. The Morgan fingerprint density at radius 2 is 1.45 bits per heavy atom. The summed E-state index contributed by atoms with van der Waals surface area (Å²) in [7, 11) is 0. The first-order valence-electron chi connectivity index (χ1n) is 12.8. The van der Waals surface area contributed by atoms with Gasteiger partial charge in [0.1, 0.15) is 5.82 Å². The van der Waals surface area contributed by atoms with Crippen LogP contribution in [0.1, 0.15) is 26.3 Å². The Balaban J connectivity index is 0.000000408. The molecule has 0 amide bonds. The lowest BCUT2D eigenvalue weighted by atomic mass is 10.0. The van der Waals surface area contributed by atoms with Crippen molar-refractivity contribution in [2.45, 2.75) is 12.6 Å². The maximum Gasteiger partial charge on any atom is 0.336 e. The van der Waals surface area contributed by atoms with Gasteiger partial charge in [0.2, 0.25) is 0 Å². The topological polar surface area (TPSA) is 110 Å². The van der Waals surface area contributed by atoms with Crippen LogP contribution >= 0.6 is 27.5 Å². The Bertz CT molecular complexity index is 1470. The number of Topliss-reactive ketones (excluding diaryl/α,β-unsaturated/α-hetero) is 2. The lowest BCUT2D eigenvalue weighted by Gasteiger charge is -2.19. The van der Waals surface area contributed by atoms with Crippen LogP contribution in [0.25, 0.3) is 11.1 Å². The molecule has 0 spiro atoms. The number of hydrogen-bond donors (Lipinski definition) is 2. The highest BCUT2D eigenvalue weighted by Crippen LogP contribution is 2.26. The Kier molecular flexibility index (Phi) is 13.0. The molecule has 0 saturated heterocycles. The van der Waals surface area contributed by atoms with Gasteiger partial charge in [-0.05, 0) is 29.3 Å². The number of aliphatic hydroxyl groups is 1. The molecule has 0 aliphatic rings. The highest BCUT2D eigenvalue weighted by atomic mass is 79.9. The molecule has 0 unspecified atom stereocenters. The molecule has 0 aliphatic carbocycles. The number of carbonyl (C=O) groups is 3. The molecule has 4 rings (SSSR count). The molecule has 4 aromatic rings. The van der Waals surface area contributed by atoms with Crippen LogP contribution in [0.3, 0.4) is 0 Å². The Morgan fingerprint density at radius 3 is 2.02 bits per heavy atom. The number of benzene rings is 4. The number of nitrogens with zero attached hydrogens (tertiary/aromatic N) is 1. The highest BCUT2D eigenvalue weighted by Gasteiger charge is 2.21. The van der Waals surface area contributed by atoms with Gasteiger partial charge in [0.25, 0.3) is 0 Å². The molecule has 1 atom stereocenters. The van der Waals surface area contributed by atoms with Crippen LogP contribution in [0.2, 0.25) is 5.02 Å². The number of hydrazine groups is 1. The number of hydrogen-bond acceptors (Lipinski definition) is 7. The van der Waals surface area contributed by atoms with Crippen molar-refractivity contribution in [3.63, 3.8) is 0 Å². The normalized spacial score (nSPS) is 11.3. The summed E-state index contributed by atoms with van der Waals surface area (Å²) in [5.74, 6) is 4.35. The standard InChI is InChI=1S/C24H22ClFN2O4.C8H7BrO/c25-19-10-11-21(26)20(12-19)17-8-6-16(7-9-17)13-28(27)14-22(29)24(31)32-15-23(30)18-4-2-1-3-5-18;9-6-8(10)7-4-2-1-3-5-7/h1-12,22,29H,13-15,27H2;1-5H,6H2/t22-;/m1./s1. The minimum atomic E-state index is -1.51. The molecule has 0 saturated carbocycles. The molecule has 0 aliphatic heterocycles.